The van der Waals surface area contributed by atoms with Gasteiger partial charge < -0.3 is 32.1 Å². The van der Waals surface area contributed by atoms with Crippen molar-refractivity contribution in [3.05, 3.63) is 236 Å². The summed E-state index contributed by atoms with van der Waals surface area (Å²) in [4.78, 5) is 5.30. The third-order valence-corrected chi connectivity index (χ3v) is 31.2. The highest BCUT2D eigenvalue weighted by molar-refractivity contribution is 9.11. The highest BCUT2D eigenvalue weighted by Crippen LogP contribution is 2.53. The number of fused-ring (bicyclic) bond motifs is 15. The number of hydrogen-bond acceptors (Lipinski definition) is 12. The fourth-order valence-electron chi connectivity index (χ4n) is 13.4. The summed E-state index contributed by atoms with van der Waals surface area (Å²) in [6.45, 7) is 8.40. The molecule has 0 amide bonds. The van der Waals surface area contributed by atoms with Crippen LogP contribution in [-0.2, 0) is 9.31 Å². The van der Waals surface area contributed by atoms with Gasteiger partial charge in [0.05, 0.1) is 121 Å². The van der Waals surface area contributed by atoms with Crippen molar-refractivity contribution in [2.75, 3.05) is 0 Å². The molecule has 0 radical (unpaired) electrons. The molecule has 1 aliphatic rings. The van der Waals surface area contributed by atoms with Gasteiger partial charge in [-0.2, -0.15) is 0 Å². The van der Waals surface area contributed by atoms with Gasteiger partial charge in [-0.05, 0) is 197 Å². The molecule has 0 atom stereocenters. The zero-order chi connectivity index (χ0) is 64.3. The summed E-state index contributed by atoms with van der Waals surface area (Å²) < 4.78 is 41.6. The van der Waals surface area contributed by atoms with Gasteiger partial charge in [-0.25, -0.2) is 0 Å². The molecule has 468 valence electrons. The van der Waals surface area contributed by atoms with Crippen LogP contribution >= 0.6 is 145 Å². The summed E-state index contributed by atoms with van der Waals surface area (Å²) in [5.74, 6) is 0. The van der Waals surface area contributed by atoms with Gasteiger partial charge in [0.15, 0.2) is 0 Å². The van der Waals surface area contributed by atoms with Crippen molar-refractivity contribution in [2.45, 2.75) is 38.9 Å². The molecule has 20 aromatic rings. The van der Waals surface area contributed by atoms with Crippen molar-refractivity contribution in [3.8, 4) is 47.9 Å². The van der Waals surface area contributed by atoms with E-state index in [2.05, 4.69) is 311 Å². The topological polar surface area (TPSA) is 43.1 Å². The first-order valence-corrected chi connectivity index (χ1v) is 41.0. The van der Waals surface area contributed by atoms with E-state index in [0.717, 1.165) is 4.78 Å². The van der Waals surface area contributed by atoms with Crippen molar-refractivity contribution in [3.63, 3.8) is 0 Å². The standard InChI is InChI=1S/C42H23N3S6.C20H20BNO2S2.C14H7Br2NS2/c1-4-10-24(11-5-1)43-27-16-18-46-37(27)39-29(43)20-33(48-39)35-22-31-41(50-35)42-32(45(31)26-14-8-3-9-15-26)23-36(51-42)34-21-30-40(49-34)38-28(17-19-47-38)44(30)25-12-6-2-7-13-25;1-19(2)20(3,4)24-21(23-19)16-12-15-18(26-16)17-14(10-11-25-17)22(15)13-8-6-5-7-9-13;15-11-6-9-13(18-11)14-10(7-12(16)19-14)17(9)8-4-2-1-3-5-8/h1-23H;5-12H,1-4H3;1-7H. The van der Waals surface area contributed by atoms with Gasteiger partial charge in [-0.1, -0.05) is 91.0 Å². The van der Waals surface area contributed by atoms with Crippen molar-refractivity contribution < 1.29 is 9.31 Å². The smallest absolute Gasteiger partial charge is 0.399 e. The van der Waals surface area contributed by atoms with Crippen molar-refractivity contribution in [1.29, 1.82) is 0 Å². The minimum Gasteiger partial charge on any atom is -0.399 e. The fraction of sp³-hybridized carbons (Fsp3) is 0.0789. The number of benzene rings is 5. The summed E-state index contributed by atoms with van der Waals surface area (Å²) >= 11 is 25.8. The van der Waals surface area contributed by atoms with E-state index in [0.29, 0.717) is 0 Å². The van der Waals surface area contributed by atoms with Gasteiger partial charge in [-0.15, -0.1) is 113 Å². The molecule has 0 spiro atoms. The number of rotatable bonds is 8. The molecule has 1 saturated heterocycles. The highest BCUT2D eigenvalue weighted by Gasteiger charge is 2.52. The minimum absolute atomic E-state index is 0.309. The van der Waals surface area contributed by atoms with Crippen LogP contribution in [0.25, 0.3) is 150 Å². The molecule has 7 nitrogen and oxygen atoms in total. The fourth-order valence-corrected chi connectivity index (χ4v) is 25.7. The highest BCUT2D eigenvalue weighted by atomic mass is 79.9. The van der Waals surface area contributed by atoms with E-state index >= 15 is 0 Å². The Morgan fingerprint density at radius 1 is 0.281 bits per heavy atom. The van der Waals surface area contributed by atoms with Gasteiger partial charge in [0.25, 0.3) is 0 Å². The number of halogens is 2. The molecule has 96 heavy (non-hydrogen) atoms. The van der Waals surface area contributed by atoms with E-state index in [1.54, 1.807) is 45.3 Å². The van der Waals surface area contributed by atoms with Crippen molar-refractivity contribution in [2.24, 2.45) is 0 Å². The van der Waals surface area contributed by atoms with E-state index < -0.39 is 0 Å². The summed E-state index contributed by atoms with van der Waals surface area (Å²) in [7, 11) is -0.309. The molecule has 0 aliphatic carbocycles. The molecule has 1 aliphatic heterocycles. The summed E-state index contributed by atoms with van der Waals surface area (Å²) in [5.41, 5.74) is 18.2. The largest absolute Gasteiger partial charge is 0.505 e. The van der Waals surface area contributed by atoms with E-state index in [1.807, 2.05) is 68.0 Å². The molecule has 15 aromatic heterocycles. The first kappa shape index (κ1) is 60.2. The summed E-state index contributed by atoms with van der Waals surface area (Å²) in [5, 5.41) is 6.60. The number of hydrogen-bond donors (Lipinski definition) is 0. The Morgan fingerprint density at radius 2 is 0.531 bits per heavy atom. The van der Waals surface area contributed by atoms with Crippen molar-refractivity contribution >= 4 is 259 Å². The molecule has 20 heteroatoms. The van der Waals surface area contributed by atoms with Gasteiger partial charge >= 0.3 is 7.12 Å². The van der Waals surface area contributed by atoms with Gasteiger partial charge in [0.2, 0.25) is 0 Å². The van der Waals surface area contributed by atoms with Crippen LogP contribution < -0.4 is 4.78 Å². The molecular weight excluding hydrogens is 1510 g/mol. The molecule has 0 unspecified atom stereocenters. The van der Waals surface area contributed by atoms with Crippen LogP contribution in [0.1, 0.15) is 27.7 Å². The predicted octanol–water partition coefficient (Wildman–Crippen LogP) is 26.3. The van der Waals surface area contributed by atoms with Crippen LogP contribution in [0.3, 0.4) is 0 Å². The van der Waals surface area contributed by atoms with Crippen molar-refractivity contribution in [1.82, 2.24) is 22.8 Å². The SMILES string of the molecule is Brc1cc2c(s1)c1sc(Br)cc1n2-c1ccccc1.CC1(C)OB(c2cc3c(s2)c2sccc2n3-c2ccccc2)OC1(C)C.c1ccc(-n2c3ccsc3c3sc(-c4cc5c(s4)c4sc(-c6cc7c(s6)c6sccc6n7-c6ccccc6)cc4n5-c4ccccc4)cc32)cc1. The van der Waals surface area contributed by atoms with Crippen LogP contribution in [0.4, 0.5) is 0 Å². The Morgan fingerprint density at radius 3 is 0.844 bits per heavy atom. The number of aromatic nitrogens is 5. The lowest BCUT2D eigenvalue weighted by atomic mass is 9.88. The molecule has 0 bridgehead atoms. The monoisotopic (exact) mass is 1550 g/mol. The Balaban J connectivity index is 0.000000119. The third-order valence-electron chi connectivity index (χ3n) is 18.4. The second-order valence-corrected chi connectivity index (χ2v) is 37.4. The van der Waals surface area contributed by atoms with E-state index in [4.69, 9.17) is 9.31 Å². The number of nitrogens with zero attached hydrogens (tertiary/aromatic N) is 5. The lowest BCUT2D eigenvalue weighted by Gasteiger charge is -2.32. The maximum atomic E-state index is 6.27. The number of para-hydroxylation sites is 5. The van der Waals surface area contributed by atoms with E-state index in [9.17, 15) is 0 Å². The van der Waals surface area contributed by atoms with Gasteiger partial charge in [0, 0.05) is 52.7 Å². The van der Waals surface area contributed by atoms with Crippen LogP contribution in [0.5, 0.6) is 0 Å². The zero-order valence-corrected chi connectivity index (χ0v) is 62.7. The van der Waals surface area contributed by atoms with Crippen LogP contribution in [-0.4, -0.2) is 41.2 Å². The Hall–Kier alpha value is -6.96. The second-order valence-electron chi connectivity index (χ2n) is 24.5. The molecule has 21 rings (SSSR count). The molecular formula is C76H50BBr2N5O2S10. The zero-order valence-electron chi connectivity index (χ0n) is 51.4. The second kappa shape index (κ2) is 23.3. The van der Waals surface area contributed by atoms with E-state index in [1.165, 1.54) is 158 Å². The quantitative estimate of drug-likeness (QED) is 0.142. The normalized spacial score (nSPS) is 14.0. The molecule has 0 N–H and O–H groups in total. The average molecular weight is 1560 g/mol. The Bertz CT molecular complexity index is 6060. The molecule has 5 aromatic carbocycles. The molecule has 0 saturated carbocycles. The van der Waals surface area contributed by atoms with E-state index in [-0.39, 0.29) is 18.3 Å². The molecule has 16 heterocycles. The number of thiophene rings is 10. The third kappa shape index (κ3) is 9.68. The lowest BCUT2D eigenvalue weighted by molar-refractivity contribution is 0.00578. The first-order valence-electron chi connectivity index (χ1n) is 31.0. The minimum atomic E-state index is -0.320. The maximum Gasteiger partial charge on any atom is 0.505 e. The summed E-state index contributed by atoms with van der Waals surface area (Å²) in [6, 6.07) is 76.5. The average Bonchev–Trinajstić information content (AvgIpc) is 1.57. The maximum absolute atomic E-state index is 6.27. The summed E-state index contributed by atoms with van der Waals surface area (Å²) in [6.07, 6.45) is 0. The van der Waals surface area contributed by atoms with Crippen LogP contribution in [0.15, 0.2) is 236 Å². The predicted molar refractivity (Wildman–Crippen MR) is 432 cm³/mol. The molecule has 1 fully saturated rings. The Labute approximate surface area is 607 Å². The lowest BCUT2D eigenvalue weighted by Crippen LogP contribution is -2.41. The van der Waals surface area contributed by atoms with Gasteiger partial charge in [-0.3, -0.25) is 0 Å². The Kier molecular flexibility index (Phi) is 14.6. The van der Waals surface area contributed by atoms with Crippen LogP contribution in [0.2, 0.25) is 0 Å². The first-order chi connectivity index (χ1) is 46.9. The van der Waals surface area contributed by atoms with Crippen LogP contribution in [0, 0.1) is 0 Å². The van der Waals surface area contributed by atoms with Gasteiger partial charge in [0.1, 0.15) is 0 Å².